The van der Waals surface area contributed by atoms with Gasteiger partial charge in [0.15, 0.2) is 12.4 Å². The third kappa shape index (κ3) is 11.2. The van der Waals surface area contributed by atoms with Crippen LogP contribution in [0, 0.1) is 0 Å². The highest BCUT2D eigenvalue weighted by Gasteiger charge is 2.20. The Kier molecular flexibility index (Phi) is 7.53. The molecule has 0 bridgehead atoms. The zero-order valence-corrected chi connectivity index (χ0v) is 9.62. The van der Waals surface area contributed by atoms with Gasteiger partial charge < -0.3 is 22.4 Å². The second-order valence-corrected chi connectivity index (χ2v) is 3.45. The van der Waals surface area contributed by atoms with Crippen LogP contribution < -0.4 is 4.57 Å². The molecule has 0 radical (unpaired) electrons. The highest BCUT2D eigenvalue weighted by Crippen LogP contribution is 2.06. The number of hydrogen-bond donors (Lipinski definition) is 1. The normalized spacial score (nSPS) is 10.7. The van der Waals surface area contributed by atoms with Gasteiger partial charge >= 0.3 is 7.25 Å². The summed E-state index contributed by atoms with van der Waals surface area (Å²) in [5.41, 5.74) is 0.975. The van der Waals surface area contributed by atoms with Gasteiger partial charge in [-0.15, -0.1) is 0 Å². The van der Waals surface area contributed by atoms with Crippen molar-refractivity contribution in [3.05, 3.63) is 30.1 Å². The number of nitrogens with zero attached hydrogens (tertiary/aromatic N) is 1. The van der Waals surface area contributed by atoms with E-state index in [1.165, 1.54) is 12.8 Å². The zero-order chi connectivity index (χ0) is 13.3. The van der Waals surface area contributed by atoms with E-state index in [1.807, 2.05) is 24.5 Å². The molecule has 0 spiro atoms. The molecular formula is C10H16BF4NO. The maximum Gasteiger partial charge on any atom is 0.673 e. The van der Waals surface area contributed by atoms with Crippen LogP contribution in [-0.4, -0.2) is 12.4 Å². The van der Waals surface area contributed by atoms with Crippen molar-refractivity contribution in [2.45, 2.75) is 32.9 Å². The monoisotopic (exact) mass is 253 g/mol. The van der Waals surface area contributed by atoms with Gasteiger partial charge in [-0.2, -0.15) is 0 Å². The van der Waals surface area contributed by atoms with Crippen LogP contribution in [0.3, 0.4) is 0 Å². The van der Waals surface area contributed by atoms with Crippen LogP contribution in [0.2, 0.25) is 0 Å². The Bertz CT molecular complexity index is 296. The molecular weight excluding hydrogens is 237 g/mol. The van der Waals surface area contributed by atoms with E-state index >= 15 is 0 Å². The first-order valence-corrected chi connectivity index (χ1v) is 5.33. The molecule has 0 aliphatic rings. The van der Waals surface area contributed by atoms with Crippen LogP contribution >= 0.6 is 0 Å². The summed E-state index contributed by atoms with van der Waals surface area (Å²) in [6, 6.07) is 3.91. The van der Waals surface area contributed by atoms with E-state index in [-0.39, 0.29) is 6.61 Å². The minimum atomic E-state index is -6.00. The maximum absolute atomic E-state index is 9.75. The Morgan fingerprint density at radius 1 is 1.18 bits per heavy atom. The van der Waals surface area contributed by atoms with E-state index in [2.05, 4.69) is 11.5 Å². The Morgan fingerprint density at radius 2 is 1.65 bits per heavy atom. The molecule has 0 aliphatic carbocycles. The number of hydrogen-bond acceptors (Lipinski definition) is 1. The Balaban J connectivity index is 0.000000437. The summed E-state index contributed by atoms with van der Waals surface area (Å²) < 4.78 is 41.1. The molecule has 1 rings (SSSR count). The summed E-state index contributed by atoms with van der Waals surface area (Å²) in [5, 5.41) is 8.80. The quantitative estimate of drug-likeness (QED) is 0.497. The SMILES string of the molecule is CCCC[n+]1ccc(CO)cc1.F[B-](F)(F)F. The lowest BCUT2D eigenvalue weighted by Gasteiger charge is -1.95. The number of rotatable bonds is 4. The van der Waals surface area contributed by atoms with Crippen molar-refractivity contribution in [2.75, 3.05) is 0 Å². The molecule has 7 heteroatoms. The van der Waals surface area contributed by atoms with E-state index < -0.39 is 7.25 Å². The fourth-order valence-corrected chi connectivity index (χ4v) is 1.08. The molecule has 0 saturated carbocycles. The number of halogens is 4. The summed E-state index contributed by atoms with van der Waals surface area (Å²) in [6.45, 7) is 3.39. The van der Waals surface area contributed by atoms with Crippen molar-refractivity contribution in [1.82, 2.24) is 0 Å². The number of aromatic nitrogens is 1. The predicted octanol–water partition coefficient (Wildman–Crippen LogP) is 2.57. The molecule has 2 nitrogen and oxygen atoms in total. The molecule has 0 fully saturated rings. The first kappa shape index (κ1) is 15.9. The van der Waals surface area contributed by atoms with Gasteiger partial charge in [-0.25, -0.2) is 4.57 Å². The molecule has 0 saturated heterocycles. The average Bonchev–Trinajstić information content (AvgIpc) is 2.25. The second kappa shape index (κ2) is 8.05. The van der Waals surface area contributed by atoms with Gasteiger partial charge in [0.05, 0.1) is 6.61 Å². The molecule has 0 amide bonds. The predicted molar refractivity (Wildman–Crippen MR) is 57.7 cm³/mol. The summed E-state index contributed by atoms with van der Waals surface area (Å²) in [7, 11) is -6.00. The maximum atomic E-state index is 9.75. The summed E-state index contributed by atoms with van der Waals surface area (Å²) in [4.78, 5) is 0. The third-order valence-electron chi connectivity index (χ3n) is 1.91. The summed E-state index contributed by atoms with van der Waals surface area (Å²) in [5.74, 6) is 0. The zero-order valence-electron chi connectivity index (χ0n) is 9.62. The standard InChI is InChI=1S/C10H16NO.BF4/c1-2-3-6-11-7-4-10(9-12)5-8-11;2-1(3,4)5/h4-5,7-8,12H,2-3,6,9H2,1H3;/q+1;-1. The van der Waals surface area contributed by atoms with Crippen LogP contribution in [0.15, 0.2) is 24.5 Å². The number of aryl methyl sites for hydroxylation is 1. The highest BCUT2D eigenvalue weighted by molar-refractivity contribution is 6.50. The third-order valence-corrected chi connectivity index (χ3v) is 1.91. The average molecular weight is 253 g/mol. The Morgan fingerprint density at radius 3 is 2.00 bits per heavy atom. The number of unbranched alkanes of at least 4 members (excludes halogenated alkanes) is 1. The molecule has 0 aliphatic heterocycles. The molecule has 0 unspecified atom stereocenters. The molecule has 1 heterocycles. The van der Waals surface area contributed by atoms with E-state index in [9.17, 15) is 17.3 Å². The molecule has 0 atom stereocenters. The summed E-state index contributed by atoms with van der Waals surface area (Å²) in [6.07, 6.45) is 6.46. The van der Waals surface area contributed by atoms with Gasteiger partial charge in [-0.1, -0.05) is 13.3 Å². The van der Waals surface area contributed by atoms with Crippen LogP contribution in [-0.2, 0) is 13.2 Å². The lowest BCUT2D eigenvalue weighted by atomic mass is 10.3. The van der Waals surface area contributed by atoms with Crippen molar-refractivity contribution in [3.8, 4) is 0 Å². The van der Waals surface area contributed by atoms with Crippen molar-refractivity contribution in [1.29, 1.82) is 0 Å². The van der Waals surface area contributed by atoms with Gasteiger partial charge in [0.25, 0.3) is 0 Å². The molecule has 98 valence electrons. The molecule has 0 aromatic carbocycles. The smallest absolute Gasteiger partial charge is 0.418 e. The van der Waals surface area contributed by atoms with Crippen molar-refractivity contribution >= 4 is 7.25 Å². The lowest BCUT2D eigenvalue weighted by molar-refractivity contribution is -0.697. The van der Waals surface area contributed by atoms with Crippen LogP contribution in [0.1, 0.15) is 25.3 Å². The van der Waals surface area contributed by atoms with Gasteiger partial charge in [0.1, 0.15) is 6.54 Å². The van der Waals surface area contributed by atoms with Gasteiger partial charge in [0.2, 0.25) is 0 Å². The molecule has 1 aromatic heterocycles. The number of aliphatic hydroxyl groups excluding tert-OH is 1. The van der Waals surface area contributed by atoms with Gasteiger partial charge in [-0.05, 0) is 5.56 Å². The first-order valence-electron chi connectivity index (χ1n) is 5.33. The van der Waals surface area contributed by atoms with Crippen LogP contribution in [0.4, 0.5) is 17.3 Å². The fraction of sp³-hybridized carbons (Fsp3) is 0.500. The Hall–Kier alpha value is -1.11. The number of aliphatic hydroxyl groups is 1. The van der Waals surface area contributed by atoms with E-state index in [4.69, 9.17) is 5.11 Å². The minimum Gasteiger partial charge on any atom is -0.418 e. The van der Waals surface area contributed by atoms with E-state index in [0.29, 0.717) is 0 Å². The second-order valence-electron chi connectivity index (χ2n) is 3.45. The van der Waals surface area contributed by atoms with E-state index in [1.54, 1.807) is 0 Å². The van der Waals surface area contributed by atoms with Crippen molar-refractivity contribution < 1.29 is 26.9 Å². The minimum absolute atomic E-state index is 0.134. The first-order chi connectivity index (χ1) is 7.86. The van der Waals surface area contributed by atoms with Crippen LogP contribution in [0.25, 0.3) is 0 Å². The summed E-state index contributed by atoms with van der Waals surface area (Å²) >= 11 is 0. The van der Waals surface area contributed by atoms with Gasteiger partial charge in [0, 0.05) is 18.6 Å². The molecule has 1 N–H and O–H groups in total. The van der Waals surface area contributed by atoms with Gasteiger partial charge in [-0.3, -0.25) is 0 Å². The van der Waals surface area contributed by atoms with E-state index in [0.717, 1.165) is 12.1 Å². The van der Waals surface area contributed by atoms with Crippen LogP contribution in [0.5, 0.6) is 0 Å². The topological polar surface area (TPSA) is 24.1 Å². The largest absolute Gasteiger partial charge is 0.673 e. The fourth-order valence-electron chi connectivity index (χ4n) is 1.08. The number of pyridine rings is 1. The molecule has 1 aromatic rings. The van der Waals surface area contributed by atoms with Crippen molar-refractivity contribution in [3.63, 3.8) is 0 Å². The lowest BCUT2D eigenvalue weighted by Crippen LogP contribution is -2.32. The molecule has 17 heavy (non-hydrogen) atoms. The highest BCUT2D eigenvalue weighted by atomic mass is 19.5. The Labute approximate surface area is 98.0 Å². The van der Waals surface area contributed by atoms with Crippen molar-refractivity contribution in [2.24, 2.45) is 0 Å².